The Hall–Kier alpha value is -2.44. The molecule has 1 heterocycles. The van der Waals surface area contributed by atoms with Gasteiger partial charge in [0.1, 0.15) is 0 Å². The molecule has 0 bridgehead atoms. The molecule has 20 heavy (non-hydrogen) atoms. The van der Waals surface area contributed by atoms with E-state index in [1.54, 1.807) is 0 Å². The van der Waals surface area contributed by atoms with Crippen LogP contribution in [0.5, 0.6) is 5.75 Å². The summed E-state index contributed by atoms with van der Waals surface area (Å²) in [5.41, 5.74) is -0.425. The van der Waals surface area contributed by atoms with Crippen LogP contribution in [-0.4, -0.2) is 17.1 Å². The zero-order valence-corrected chi connectivity index (χ0v) is 9.82. The van der Waals surface area contributed by atoms with E-state index in [1.165, 1.54) is 24.5 Å². The van der Waals surface area contributed by atoms with Crippen LogP contribution in [0.1, 0.15) is 15.9 Å². The largest absolute Gasteiger partial charge is 0.573 e. The van der Waals surface area contributed by atoms with E-state index in [0.29, 0.717) is 0 Å². The van der Waals surface area contributed by atoms with E-state index < -0.39 is 29.3 Å². The molecule has 0 aliphatic rings. The minimum Gasteiger partial charge on any atom is -0.402 e. The lowest BCUT2D eigenvalue weighted by Crippen LogP contribution is -2.20. The van der Waals surface area contributed by atoms with Gasteiger partial charge < -0.3 is 4.74 Å². The number of nitrogens with zero attached hydrogens (tertiary/aromatic N) is 1. The first-order valence-corrected chi connectivity index (χ1v) is 5.37. The van der Waals surface area contributed by atoms with Crippen molar-refractivity contribution in [3.63, 3.8) is 0 Å². The molecule has 1 aromatic heterocycles. The number of hydrogen-bond donors (Lipinski definition) is 0. The summed E-state index contributed by atoms with van der Waals surface area (Å²) in [4.78, 5) is 15.7. The van der Waals surface area contributed by atoms with E-state index in [2.05, 4.69) is 9.72 Å². The minimum absolute atomic E-state index is 0.0811. The number of alkyl halides is 3. The molecule has 0 atom stereocenters. The third kappa shape index (κ3) is 3.11. The molecule has 0 saturated heterocycles. The Morgan fingerprint density at radius 2 is 1.75 bits per heavy atom. The van der Waals surface area contributed by atoms with Crippen molar-refractivity contribution in [1.29, 1.82) is 0 Å². The smallest absolute Gasteiger partial charge is 0.402 e. The maximum Gasteiger partial charge on any atom is 0.573 e. The second-order valence-corrected chi connectivity index (χ2v) is 3.73. The number of rotatable bonds is 3. The molecule has 0 fully saturated rings. The van der Waals surface area contributed by atoms with Crippen LogP contribution >= 0.6 is 0 Å². The van der Waals surface area contributed by atoms with Gasteiger partial charge in [-0.15, -0.1) is 13.2 Å². The molecule has 3 nitrogen and oxygen atoms in total. The van der Waals surface area contributed by atoms with E-state index in [4.69, 9.17) is 0 Å². The first-order chi connectivity index (χ1) is 9.38. The molecular formula is C13H7F4NO2. The maximum absolute atomic E-state index is 13.5. The molecule has 0 aliphatic carbocycles. The standard InChI is InChI=1S/C13H7F4NO2/c14-10-3-1-2-9(12(10)20-13(15,16)17)11(19)8-4-6-18-7-5-8/h1-7H. The number of pyridine rings is 1. The van der Waals surface area contributed by atoms with Gasteiger partial charge >= 0.3 is 6.36 Å². The zero-order chi connectivity index (χ0) is 14.8. The fraction of sp³-hybridized carbons (Fsp3) is 0.0769. The molecule has 0 spiro atoms. The molecule has 0 N–H and O–H groups in total. The van der Waals surface area contributed by atoms with Crippen molar-refractivity contribution in [3.8, 4) is 5.75 Å². The predicted octanol–water partition coefficient (Wildman–Crippen LogP) is 3.35. The summed E-state index contributed by atoms with van der Waals surface area (Å²) in [6.07, 6.45) is -2.48. The van der Waals surface area contributed by atoms with E-state index in [0.717, 1.165) is 18.2 Å². The fourth-order valence-electron chi connectivity index (χ4n) is 1.57. The van der Waals surface area contributed by atoms with Gasteiger partial charge in [-0.2, -0.15) is 0 Å². The van der Waals surface area contributed by atoms with Crippen molar-refractivity contribution < 1.29 is 27.1 Å². The molecular weight excluding hydrogens is 278 g/mol. The van der Waals surface area contributed by atoms with Crippen molar-refractivity contribution >= 4 is 5.78 Å². The van der Waals surface area contributed by atoms with Gasteiger partial charge in [0.05, 0.1) is 5.56 Å². The molecule has 7 heteroatoms. The Morgan fingerprint density at radius 3 is 2.35 bits per heavy atom. The highest BCUT2D eigenvalue weighted by molar-refractivity contribution is 6.10. The lowest BCUT2D eigenvalue weighted by atomic mass is 10.0. The van der Waals surface area contributed by atoms with Crippen molar-refractivity contribution in [2.75, 3.05) is 0 Å². The quantitative estimate of drug-likeness (QED) is 0.641. The summed E-state index contributed by atoms with van der Waals surface area (Å²) in [5, 5.41) is 0. The van der Waals surface area contributed by atoms with Crippen LogP contribution in [0.25, 0.3) is 0 Å². The van der Waals surface area contributed by atoms with E-state index in [-0.39, 0.29) is 5.56 Å². The van der Waals surface area contributed by atoms with Crippen LogP contribution < -0.4 is 4.74 Å². The monoisotopic (exact) mass is 285 g/mol. The SMILES string of the molecule is O=C(c1ccncc1)c1cccc(F)c1OC(F)(F)F. The molecule has 2 rings (SSSR count). The topological polar surface area (TPSA) is 39.2 Å². The van der Waals surface area contributed by atoms with Crippen molar-refractivity contribution in [3.05, 3.63) is 59.7 Å². The Bertz CT molecular complexity index is 626. The van der Waals surface area contributed by atoms with Gasteiger partial charge in [-0.3, -0.25) is 9.78 Å². The van der Waals surface area contributed by atoms with Gasteiger partial charge in [0.15, 0.2) is 17.3 Å². The lowest BCUT2D eigenvalue weighted by Gasteiger charge is -2.13. The number of aromatic nitrogens is 1. The van der Waals surface area contributed by atoms with Gasteiger partial charge in [-0.05, 0) is 24.3 Å². The number of benzene rings is 1. The van der Waals surface area contributed by atoms with Crippen molar-refractivity contribution in [1.82, 2.24) is 4.98 Å². The highest BCUT2D eigenvalue weighted by Gasteiger charge is 2.34. The van der Waals surface area contributed by atoms with E-state index in [1.807, 2.05) is 0 Å². The van der Waals surface area contributed by atoms with Gasteiger partial charge in [0, 0.05) is 18.0 Å². The number of para-hydroxylation sites is 1. The van der Waals surface area contributed by atoms with Gasteiger partial charge in [-0.1, -0.05) is 6.07 Å². The Labute approximate surface area is 110 Å². The van der Waals surface area contributed by atoms with Crippen LogP contribution in [-0.2, 0) is 0 Å². The van der Waals surface area contributed by atoms with Crippen LogP contribution in [0.15, 0.2) is 42.7 Å². The highest BCUT2D eigenvalue weighted by atomic mass is 19.4. The molecule has 0 radical (unpaired) electrons. The highest BCUT2D eigenvalue weighted by Crippen LogP contribution is 2.30. The number of hydrogen-bond acceptors (Lipinski definition) is 3. The van der Waals surface area contributed by atoms with Gasteiger partial charge in [0.2, 0.25) is 0 Å². The molecule has 0 amide bonds. The van der Waals surface area contributed by atoms with Crippen molar-refractivity contribution in [2.24, 2.45) is 0 Å². The average molecular weight is 285 g/mol. The molecule has 2 aromatic rings. The Kier molecular flexibility index (Phi) is 3.69. The van der Waals surface area contributed by atoms with Crippen LogP contribution in [0, 0.1) is 5.82 Å². The Morgan fingerprint density at radius 1 is 1.10 bits per heavy atom. The first-order valence-electron chi connectivity index (χ1n) is 5.37. The van der Waals surface area contributed by atoms with E-state index in [9.17, 15) is 22.4 Å². The maximum atomic E-state index is 13.5. The van der Waals surface area contributed by atoms with Crippen LogP contribution in [0.2, 0.25) is 0 Å². The summed E-state index contributed by atoms with van der Waals surface area (Å²) in [5.74, 6) is -3.19. The zero-order valence-electron chi connectivity index (χ0n) is 9.82. The van der Waals surface area contributed by atoms with Crippen molar-refractivity contribution in [2.45, 2.75) is 6.36 Å². The summed E-state index contributed by atoms with van der Waals surface area (Å²) in [6, 6.07) is 5.60. The number of ketones is 1. The molecule has 0 aliphatic heterocycles. The van der Waals surface area contributed by atoms with E-state index >= 15 is 0 Å². The average Bonchev–Trinajstić information content (AvgIpc) is 2.40. The first kappa shape index (κ1) is 14.0. The summed E-state index contributed by atoms with van der Waals surface area (Å²) in [6.45, 7) is 0. The third-order valence-electron chi connectivity index (χ3n) is 2.37. The lowest BCUT2D eigenvalue weighted by molar-refractivity contribution is -0.275. The molecule has 1 aromatic carbocycles. The van der Waals surface area contributed by atoms with Crippen LogP contribution in [0.4, 0.5) is 17.6 Å². The second kappa shape index (κ2) is 5.28. The summed E-state index contributed by atoms with van der Waals surface area (Å²) >= 11 is 0. The normalized spacial score (nSPS) is 11.2. The minimum atomic E-state index is -5.09. The molecule has 0 unspecified atom stereocenters. The summed E-state index contributed by atoms with van der Waals surface area (Å²) < 4.78 is 53.8. The number of carbonyl (C=O) groups excluding carboxylic acids is 1. The second-order valence-electron chi connectivity index (χ2n) is 3.73. The number of halogens is 4. The van der Waals surface area contributed by atoms with Gasteiger partial charge in [0.25, 0.3) is 0 Å². The van der Waals surface area contributed by atoms with Gasteiger partial charge in [-0.25, -0.2) is 4.39 Å². The fourth-order valence-corrected chi connectivity index (χ4v) is 1.57. The molecule has 104 valence electrons. The number of ether oxygens (including phenoxy) is 1. The number of carbonyl (C=O) groups is 1. The summed E-state index contributed by atoms with van der Waals surface area (Å²) in [7, 11) is 0. The van der Waals surface area contributed by atoms with Crippen LogP contribution in [0.3, 0.4) is 0 Å². The predicted molar refractivity (Wildman–Crippen MR) is 60.8 cm³/mol. The Balaban J connectivity index is 2.47. The molecule has 0 saturated carbocycles. The third-order valence-corrected chi connectivity index (χ3v) is 2.37.